The molecule has 0 fully saturated rings. The molecule has 2 aromatic heterocycles. The molecule has 0 spiro atoms. The summed E-state index contributed by atoms with van der Waals surface area (Å²) in [4.78, 5) is 29.7. The van der Waals surface area contributed by atoms with E-state index in [1.54, 1.807) is 0 Å². The van der Waals surface area contributed by atoms with Gasteiger partial charge in [0.15, 0.2) is 5.69 Å². The maximum absolute atomic E-state index is 11.5. The Bertz CT molecular complexity index is 587. The highest BCUT2D eigenvalue weighted by Gasteiger charge is 2.09. The minimum absolute atomic E-state index is 0.0437. The highest BCUT2D eigenvalue weighted by atomic mass is 32.1. The molecule has 2 rings (SSSR count). The van der Waals surface area contributed by atoms with E-state index in [-0.39, 0.29) is 18.2 Å². The molecule has 0 radical (unpaired) electrons. The van der Waals surface area contributed by atoms with Gasteiger partial charge in [-0.15, -0.1) is 16.4 Å². The van der Waals surface area contributed by atoms with Crippen molar-refractivity contribution < 1.29 is 14.7 Å². The lowest BCUT2D eigenvalue weighted by Crippen LogP contribution is -2.29. The topological polar surface area (TPSA) is 130 Å². The molecule has 0 unspecified atom stereocenters. The van der Waals surface area contributed by atoms with Crippen molar-refractivity contribution in [3.8, 4) is 0 Å². The Balaban J connectivity index is 1.84. The van der Waals surface area contributed by atoms with Gasteiger partial charge < -0.3 is 10.4 Å². The van der Waals surface area contributed by atoms with E-state index in [0.29, 0.717) is 5.01 Å². The molecule has 0 aliphatic rings. The normalized spacial score (nSPS) is 9.89. The fraction of sp³-hybridized carbons (Fsp3) is 0.111. The Morgan fingerprint density at radius 2 is 2.21 bits per heavy atom. The Morgan fingerprint density at radius 1 is 1.37 bits per heavy atom. The number of urea groups is 1. The van der Waals surface area contributed by atoms with Crippen LogP contribution in [0.5, 0.6) is 0 Å². The van der Waals surface area contributed by atoms with E-state index in [0.717, 1.165) is 11.3 Å². The molecule has 0 aromatic carbocycles. The van der Waals surface area contributed by atoms with E-state index in [9.17, 15) is 9.59 Å². The number of carboxylic acids is 1. The quantitative estimate of drug-likeness (QED) is 0.736. The molecule has 19 heavy (non-hydrogen) atoms. The summed E-state index contributed by atoms with van der Waals surface area (Å²) in [5.41, 5.74) is -0.0437. The number of carboxylic acid groups (broad SMARTS) is 1. The van der Waals surface area contributed by atoms with Crippen LogP contribution < -0.4 is 10.6 Å². The summed E-state index contributed by atoms with van der Waals surface area (Å²) in [6, 6.07) is -0.528. The number of nitrogens with one attached hydrogen (secondary N) is 2. The van der Waals surface area contributed by atoms with Crippen LogP contribution in [0.1, 0.15) is 15.5 Å². The Labute approximate surface area is 110 Å². The third-order valence-electron chi connectivity index (χ3n) is 1.88. The zero-order valence-corrected chi connectivity index (χ0v) is 10.2. The SMILES string of the molecule is O=C(NCc1nc(C(=O)O)cs1)Nc1nccnn1. The van der Waals surface area contributed by atoms with Crippen molar-refractivity contribution >= 4 is 29.3 Å². The number of carbonyl (C=O) groups is 2. The van der Waals surface area contributed by atoms with Crippen LogP contribution in [0.2, 0.25) is 0 Å². The smallest absolute Gasteiger partial charge is 0.355 e. The number of anilines is 1. The molecule has 10 heteroatoms. The van der Waals surface area contributed by atoms with Gasteiger partial charge in [0.2, 0.25) is 0 Å². The number of carbonyl (C=O) groups excluding carboxylic acids is 1. The average molecular weight is 280 g/mol. The molecule has 0 saturated heterocycles. The number of nitrogens with zero attached hydrogens (tertiary/aromatic N) is 4. The first-order valence-corrected chi connectivity index (χ1v) is 5.89. The highest BCUT2D eigenvalue weighted by molar-refractivity contribution is 7.09. The number of thiazole rings is 1. The number of hydrogen-bond donors (Lipinski definition) is 3. The van der Waals surface area contributed by atoms with E-state index in [1.165, 1.54) is 17.8 Å². The molecular weight excluding hydrogens is 272 g/mol. The van der Waals surface area contributed by atoms with Crippen molar-refractivity contribution in [2.24, 2.45) is 0 Å². The number of amides is 2. The maximum Gasteiger partial charge on any atom is 0.355 e. The van der Waals surface area contributed by atoms with Gasteiger partial charge in [0, 0.05) is 5.38 Å². The molecule has 2 heterocycles. The van der Waals surface area contributed by atoms with Gasteiger partial charge in [-0.1, -0.05) is 0 Å². The first kappa shape index (κ1) is 12.8. The zero-order chi connectivity index (χ0) is 13.7. The maximum atomic E-state index is 11.5. The molecule has 0 atom stereocenters. The summed E-state index contributed by atoms with van der Waals surface area (Å²) in [6.45, 7) is 0.115. The van der Waals surface area contributed by atoms with Gasteiger partial charge in [0.05, 0.1) is 18.9 Å². The largest absolute Gasteiger partial charge is 0.476 e. The van der Waals surface area contributed by atoms with Crippen LogP contribution in [0.15, 0.2) is 17.8 Å². The lowest BCUT2D eigenvalue weighted by Gasteiger charge is -2.03. The van der Waals surface area contributed by atoms with Gasteiger partial charge in [-0.05, 0) is 0 Å². The average Bonchev–Trinajstić information content (AvgIpc) is 2.86. The molecule has 0 saturated carbocycles. The molecule has 3 N–H and O–H groups in total. The number of hydrogen-bond acceptors (Lipinski definition) is 7. The third-order valence-corrected chi connectivity index (χ3v) is 2.73. The summed E-state index contributed by atoms with van der Waals surface area (Å²) < 4.78 is 0. The fourth-order valence-electron chi connectivity index (χ4n) is 1.10. The number of aromatic carboxylic acids is 1. The minimum atomic E-state index is -1.10. The monoisotopic (exact) mass is 280 g/mol. The number of rotatable bonds is 4. The van der Waals surface area contributed by atoms with E-state index in [2.05, 4.69) is 30.8 Å². The van der Waals surface area contributed by atoms with E-state index >= 15 is 0 Å². The van der Waals surface area contributed by atoms with Gasteiger partial charge in [0.25, 0.3) is 5.95 Å². The molecule has 0 aliphatic carbocycles. The van der Waals surface area contributed by atoms with Gasteiger partial charge in [-0.3, -0.25) is 5.32 Å². The van der Waals surface area contributed by atoms with Gasteiger partial charge in [0.1, 0.15) is 5.01 Å². The van der Waals surface area contributed by atoms with Crippen LogP contribution in [-0.2, 0) is 6.54 Å². The van der Waals surface area contributed by atoms with Crippen molar-refractivity contribution in [1.82, 2.24) is 25.5 Å². The Kier molecular flexibility index (Phi) is 3.93. The van der Waals surface area contributed by atoms with Crippen molar-refractivity contribution in [3.63, 3.8) is 0 Å². The van der Waals surface area contributed by atoms with Crippen molar-refractivity contribution in [1.29, 1.82) is 0 Å². The summed E-state index contributed by atoms with van der Waals surface area (Å²) >= 11 is 1.15. The Hall–Kier alpha value is -2.62. The Morgan fingerprint density at radius 3 is 2.84 bits per heavy atom. The van der Waals surface area contributed by atoms with Gasteiger partial charge in [-0.25, -0.2) is 19.6 Å². The van der Waals surface area contributed by atoms with E-state index in [4.69, 9.17) is 5.11 Å². The second-order valence-electron chi connectivity index (χ2n) is 3.21. The molecule has 0 aliphatic heterocycles. The summed E-state index contributed by atoms with van der Waals surface area (Å²) in [6.07, 6.45) is 2.77. The molecule has 2 aromatic rings. The first-order valence-electron chi connectivity index (χ1n) is 5.01. The third kappa shape index (κ3) is 3.67. The lowest BCUT2D eigenvalue weighted by atomic mass is 10.5. The standard InChI is InChI=1S/C9H8N6O3S/c16-7(17)5-4-19-6(13-5)3-11-9(18)14-8-10-1-2-12-15-8/h1-2,4H,3H2,(H,16,17)(H2,10,11,14,15,18). The minimum Gasteiger partial charge on any atom is -0.476 e. The van der Waals surface area contributed by atoms with Crippen LogP contribution in [0, 0.1) is 0 Å². The lowest BCUT2D eigenvalue weighted by molar-refractivity contribution is 0.0691. The predicted molar refractivity (Wildman–Crippen MR) is 64.8 cm³/mol. The summed E-state index contributed by atoms with van der Waals surface area (Å²) in [7, 11) is 0. The van der Waals surface area contributed by atoms with Crippen LogP contribution in [0.4, 0.5) is 10.7 Å². The molecule has 2 amide bonds. The summed E-state index contributed by atoms with van der Waals surface area (Å²) in [5.74, 6) is -1.03. The molecule has 0 bridgehead atoms. The van der Waals surface area contributed by atoms with E-state index in [1.807, 2.05) is 0 Å². The second-order valence-corrected chi connectivity index (χ2v) is 4.15. The predicted octanol–water partition coefficient (Wildman–Crippen LogP) is 0.348. The number of aromatic nitrogens is 4. The van der Waals surface area contributed by atoms with Crippen molar-refractivity contribution in [2.45, 2.75) is 6.54 Å². The van der Waals surface area contributed by atoms with E-state index < -0.39 is 12.0 Å². The van der Waals surface area contributed by atoms with Crippen LogP contribution in [-0.4, -0.2) is 37.3 Å². The summed E-state index contributed by atoms with van der Waals surface area (Å²) in [5, 5.41) is 22.6. The molecule has 98 valence electrons. The van der Waals surface area contributed by atoms with Crippen LogP contribution in [0.25, 0.3) is 0 Å². The molecule has 9 nitrogen and oxygen atoms in total. The van der Waals surface area contributed by atoms with Crippen molar-refractivity contribution in [2.75, 3.05) is 5.32 Å². The second kappa shape index (κ2) is 5.82. The van der Waals surface area contributed by atoms with Gasteiger partial charge in [-0.2, -0.15) is 5.10 Å². The first-order chi connectivity index (χ1) is 9.15. The van der Waals surface area contributed by atoms with Crippen LogP contribution >= 0.6 is 11.3 Å². The molecular formula is C9H8N6O3S. The van der Waals surface area contributed by atoms with Crippen LogP contribution in [0.3, 0.4) is 0 Å². The zero-order valence-electron chi connectivity index (χ0n) is 9.40. The fourth-order valence-corrected chi connectivity index (χ4v) is 1.80. The van der Waals surface area contributed by atoms with Crippen molar-refractivity contribution in [3.05, 3.63) is 28.5 Å². The highest BCUT2D eigenvalue weighted by Crippen LogP contribution is 2.09. The van der Waals surface area contributed by atoms with Gasteiger partial charge >= 0.3 is 12.0 Å².